The zero-order valence-corrected chi connectivity index (χ0v) is 12.0. The molecule has 6 nitrogen and oxygen atoms in total. The van der Waals surface area contributed by atoms with Crippen LogP contribution in [0.15, 0.2) is 24.3 Å². The second kappa shape index (κ2) is 6.97. The fourth-order valence-electron chi connectivity index (χ4n) is 2.26. The average Bonchev–Trinajstić information content (AvgIpc) is 3.22. The Bertz CT molecular complexity index is 518. The third-order valence-electron chi connectivity index (χ3n) is 3.48. The fraction of sp³-hybridized carbons (Fsp3) is 0.467. The van der Waals surface area contributed by atoms with E-state index in [1.54, 1.807) is 7.11 Å². The molecule has 114 valence electrons. The Morgan fingerprint density at radius 2 is 2.24 bits per heavy atom. The fourth-order valence-corrected chi connectivity index (χ4v) is 2.26. The summed E-state index contributed by atoms with van der Waals surface area (Å²) in [4.78, 5) is 22.0. The molecule has 0 spiro atoms. The molecule has 0 unspecified atom stereocenters. The molecule has 21 heavy (non-hydrogen) atoms. The number of carboxylic acids is 1. The van der Waals surface area contributed by atoms with E-state index in [9.17, 15) is 9.59 Å². The quantitative estimate of drug-likeness (QED) is 0.668. The van der Waals surface area contributed by atoms with Crippen LogP contribution in [0.3, 0.4) is 0 Å². The summed E-state index contributed by atoms with van der Waals surface area (Å²) in [5, 5.41) is 14.1. The van der Waals surface area contributed by atoms with Gasteiger partial charge in [0.15, 0.2) is 0 Å². The van der Waals surface area contributed by atoms with E-state index in [2.05, 4.69) is 10.6 Å². The number of urea groups is 1. The van der Waals surface area contributed by atoms with Gasteiger partial charge >= 0.3 is 12.0 Å². The van der Waals surface area contributed by atoms with Crippen LogP contribution >= 0.6 is 0 Å². The van der Waals surface area contributed by atoms with Gasteiger partial charge in [0.2, 0.25) is 0 Å². The molecule has 0 bridgehead atoms. The highest BCUT2D eigenvalue weighted by Gasteiger charge is 2.39. The van der Waals surface area contributed by atoms with E-state index in [0.717, 1.165) is 17.7 Å². The molecule has 2 amide bonds. The lowest BCUT2D eigenvalue weighted by molar-refractivity contribution is -0.137. The van der Waals surface area contributed by atoms with Crippen molar-refractivity contribution in [2.24, 2.45) is 0 Å². The lowest BCUT2D eigenvalue weighted by Gasteiger charge is -2.07. The van der Waals surface area contributed by atoms with E-state index in [-0.39, 0.29) is 18.5 Å². The molecule has 0 aromatic heterocycles. The molecule has 6 heteroatoms. The van der Waals surface area contributed by atoms with E-state index in [1.807, 2.05) is 24.3 Å². The highest BCUT2D eigenvalue weighted by Crippen LogP contribution is 2.41. The molecule has 1 aromatic carbocycles. The number of nitrogens with one attached hydrogen (secondary N) is 2. The normalized spacial score (nSPS) is 19.7. The molecule has 3 N–H and O–H groups in total. The molecule has 1 aromatic rings. The molecule has 1 aliphatic carbocycles. The smallest absolute Gasteiger partial charge is 0.315 e. The van der Waals surface area contributed by atoms with Crippen molar-refractivity contribution in [3.05, 3.63) is 29.8 Å². The van der Waals surface area contributed by atoms with Gasteiger partial charge in [-0.25, -0.2) is 4.79 Å². The maximum absolute atomic E-state index is 11.6. The zero-order chi connectivity index (χ0) is 15.2. The van der Waals surface area contributed by atoms with Crippen LogP contribution < -0.4 is 15.4 Å². The van der Waals surface area contributed by atoms with Crippen molar-refractivity contribution in [1.29, 1.82) is 0 Å². The summed E-state index contributed by atoms with van der Waals surface area (Å²) < 4.78 is 5.19. The van der Waals surface area contributed by atoms with Crippen molar-refractivity contribution in [1.82, 2.24) is 10.6 Å². The topological polar surface area (TPSA) is 87.7 Å². The minimum absolute atomic E-state index is 0.0656. The number of rotatable bonds is 7. The second-order valence-electron chi connectivity index (χ2n) is 5.12. The van der Waals surface area contributed by atoms with Gasteiger partial charge in [0.1, 0.15) is 5.75 Å². The maximum atomic E-state index is 11.6. The number of hydrogen-bond acceptors (Lipinski definition) is 3. The SMILES string of the molecule is COc1cccc([C@@H]2C[C@H]2NC(=O)NCCCC(=O)O)c1. The Balaban J connectivity index is 1.71. The third kappa shape index (κ3) is 4.66. The van der Waals surface area contributed by atoms with E-state index < -0.39 is 5.97 Å². The first-order valence-electron chi connectivity index (χ1n) is 7.00. The Morgan fingerprint density at radius 1 is 1.43 bits per heavy atom. The number of methoxy groups -OCH3 is 1. The van der Waals surface area contributed by atoms with Gasteiger partial charge in [-0.1, -0.05) is 12.1 Å². The first-order chi connectivity index (χ1) is 10.1. The molecular weight excluding hydrogens is 272 g/mol. The summed E-state index contributed by atoms with van der Waals surface area (Å²) in [5.74, 6) is 0.290. The van der Waals surface area contributed by atoms with Crippen molar-refractivity contribution in [3.8, 4) is 5.75 Å². The molecule has 0 saturated heterocycles. The zero-order valence-electron chi connectivity index (χ0n) is 12.0. The summed E-state index contributed by atoms with van der Waals surface area (Å²) in [6.45, 7) is 0.370. The van der Waals surface area contributed by atoms with Crippen LogP contribution in [0.1, 0.15) is 30.7 Å². The minimum atomic E-state index is -0.850. The molecule has 0 aliphatic heterocycles. The highest BCUT2D eigenvalue weighted by atomic mass is 16.5. The van der Waals surface area contributed by atoms with Crippen LogP contribution in [0.25, 0.3) is 0 Å². The summed E-state index contributed by atoms with van der Waals surface area (Å²) in [6, 6.07) is 7.74. The Morgan fingerprint density at radius 3 is 2.95 bits per heavy atom. The van der Waals surface area contributed by atoms with E-state index >= 15 is 0 Å². The lowest BCUT2D eigenvalue weighted by atomic mass is 10.1. The largest absolute Gasteiger partial charge is 0.497 e. The molecule has 1 aliphatic rings. The molecule has 2 rings (SSSR count). The molecular formula is C15H20N2O4. The molecule has 2 atom stereocenters. The van der Waals surface area contributed by atoms with Gasteiger partial charge in [-0.2, -0.15) is 0 Å². The first-order valence-corrected chi connectivity index (χ1v) is 7.00. The third-order valence-corrected chi connectivity index (χ3v) is 3.48. The van der Waals surface area contributed by atoms with E-state index in [1.165, 1.54) is 0 Å². The predicted octanol–water partition coefficient (Wildman–Crippen LogP) is 1.72. The number of ether oxygens (including phenoxy) is 1. The highest BCUT2D eigenvalue weighted by molar-refractivity contribution is 5.75. The van der Waals surface area contributed by atoms with E-state index in [0.29, 0.717) is 18.9 Å². The number of amides is 2. The van der Waals surface area contributed by atoms with Gasteiger partial charge < -0.3 is 20.5 Å². The number of benzene rings is 1. The molecule has 1 saturated carbocycles. The van der Waals surface area contributed by atoms with Crippen LogP contribution in [0.2, 0.25) is 0 Å². The Labute approximate surface area is 123 Å². The second-order valence-corrected chi connectivity index (χ2v) is 5.12. The van der Waals surface area contributed by atoms with Crippen LogP contribution in [-0.4, -0.2) is 36.8 Å². The van der Waals surface area contributed by atoms with Crippen LogP contribution in [0.4, 0.5) is 4.79 Å². The number of aliphatic carboxylic acids is 1. The van der Waals surface area contributed by atoms with Crippen molar-refractivity contribution in [2.45, 2.75) is 31.2 Å². The van der Waals surface area contributed by atoms with Gasteiger partial charge in [0, 0.05) is 24.9 Å². The van der Waals surface area contributed by atoms with Crippen LogP contribution in [0, 0.1) is 0 Å². The van der Waals surface area contributed by atoms with E-state index in [4.69, 9.17) is 9.84 Å². The van der Waals surface area contributed by atoms with Crippen molar-refractivity contribution >= 4 is 12.0 Å². The number of carbonyl (C=O) groups is 2. The Kier molecular flexibility index (Phi) is 5.03. The van der Waals surface area contributed by atoms with Gasteiger partial charge in [0.05, 0.1) is 7.11 Å². The maximum Gasteiger partial charge on any atom is 0.315 e. The summed E-state index contributed by atoms with van der Waals surface area (Å²) >= 11 is 0. The van der Waals surface area contributed by atoms with Gasteiger partial charge in [0.25, 0.3) is 0 Å². The summed E-state index contributed by atoms with van der Waals surface area (Å²) in [5.41, 5.74) is 1.16. The van der Waals surface area contributed by atoms with Crippen LogP contribution in [0.5, 0.6) is 5.75 Å². The number of carboxylic acid groups (broad SMARTS) is 1. The monoisotopic (exact) mass is 292 g/mol. The summed E-state index contributed by atoms with van der Waals surface area (Å²) in [6.07, 6.45) is 1.42. The first kappa shape index (κ1) is 15.2. The molecule has 1 fully saturated rings. The summed E-state index contributed by atoms with van der Waals surface area (Å²) in [7, 11) is 1.63. The lowest BCUT2D eigenvalue weighted by Crippen LogP contribution is -2.37. The van der Waals surface area contributed by atoms with Crippen molar-refractivity contribution in [3.63, 3.8) is 0 Å². The molecule has 0 radical (unpaired) electrons. The van der Waals surface area contributed by atoms with Crippen molar-refractivity contribution in [2.75, 3.05) is 13.7 Å². The van der Waals surface area contributed by atoms with Gasteiger partial charge in [-0.05, 0) is 30.5 Å². The molecule has 0 heterocycles. The minimum Gasteiger partial charge on any atom is -0.497 e. The van der Waals surface area contributed by atoms with Crippen molar-refractivity contribution < 1.29 is 19.4 Å². The van der Waals surface area contributed by atoms with Gasteiger partial charge in [-0.3, -0.25) is 4.79 Å². The number of carbonyl (C=O) groups excluding carboxylic acids is 1. The average molecular weight is 292 g/mol. The Hall–Kier alpha value is -2.24. The van der Waals surface area contributed by atoms with Gasteiger partial charge in [-0.15, -0.1) is 0 Å². The standard InChI is InChI=1S/C15H20N2O4/c1-21-11-5-2-4-10(8-11)12-9-13(12)17-15(20)16-7-3-6-14(18)19/h2,4-5,8,12-13H,3,6-7,9H2,1H3,(H,18,19)(H2,16,17,20)/t12-,13+/m0/s1. The number of hydrogen-bond donors (Lipinski definition) is 3. The predicted molar refractivity (Wildman–Crippen MR) is 77.5 cm³/mol. The van der Waals surface area contributed by atoms with Crippen LogP contribution in [-0.2, 0) is 4.79 Å².